The number of hydrogen-bond donors (Lipinski definition) is 2. The lowest BCUT2D eigenvalue weighted by molar-refractivity contribution is -0.121. The molecule has 4 heteroatoms. The molecule has 2 rings (SSSR count). The lowest BCUT2D eigenvalue weighted by Gasteiger charge is -2.24. The van der Waals surface area contributed by atoms with E-state index in [4.69, 9.17) is 0 Å². The largest absolute Gasteiger partial charge is 0.354 e. The van der Waals surface area contributed by atoms with E-state index in [2.05, 4.69) is 29.5 Å². The van der Waals surface area contributed by atoms with Crippen molar-refractivity contribution in [2.24, 2.45) is 0 Å². The monoisotopic (exact) mass is 239 g/mol. The first kappa shape index (κ1) is 12.8. The van der Waals surface area contributed by atoms with Gasteiger partial charge in [0, 0.05) is 31.1 Å². The van der Waals surface area contributed by atoms with Crippen molar-refractivity contribution in [2.45, 2.75) is 57.2 Å². The lowest BCUT2D eigenvalue weighted by atomic mass is 10.1. The third kappa shape index (κ3) is 3.96. The highest BCUT2D eigenvalue weighted by Gasteiger charge is 2.29. The van der Waals surface area contributed by atoms with Crippen molar-refractivity contribution < 1.29 is 4.79 Å². The van der Waals surface area contributed by atoms with Crippen LogP contribution in [-0.4, -0.2) is 49.1 Å². The molecule has 2 unspecified atom stereocenters. The van der Waals surface area contributed by atoms with Crippen molar-refractivity contribution in [2.75, 3.05) is 20.1 Å². The number of carbonyl (C=O) groups excluding carboxylic acids is 1. The van der Waals surface area contributed by atoms with E-state index in [-0.39, 0.29) is 5.91 Å². The Kier molecular flexibility index (Phi) is 4.40. The van der Waals surface area contributed by atoms with Crippen LogP contribution >= 0.6 is 0 Å². The van der Waals surface area contributed by atoms with Crippen LogP contribution in [0.15, 0.2) is 0 Å². The molecule has 0 aromatic rings. The van der Waals surface area contributed by atoms with Gasteiger partial charge in [-0.25, -0.2) is 0 Å². The number of rotatable bonds is 6. The number of carbonyl (C=O) groups is 1. The highest BCUT2D eigenvalue weighted by atomic mass is 16.1. The molecule has 1 aliphatic carbocycles. The Hall–Kier alpha value is -0.610. The Morgan fingerprint density at radius 3 is 2.82 bits per heavy atom. The van der Waals surface area contributed by atoms with Gasteiger partial charge in [0.25, 0.3) is 0 Å². The van der Waals surface area contributed by atoms with E-state index in [1.54, 1.807) is 0 Å². The van der Waals surface area contributed by atoms with Crippen LogP contribution in [0.3, 0.4) is 0 Å². The Bertz CT molecular complexity index is 259. The van der Waals surface area contributed by atoms with Crippen LogP contribution in [0.2, 0.25) is 0 Å². The first-order valence-corrected chi connectivity index (χ1v) is 6.89. The Morgan fingerprint density at radius 1 is 1.47 bits per heavy atom. The second-order valence-electron chi connectivity index (χ2n) is 5.55. The molecule has 2 atom stereocenters. The zero-order valence-corrected chi connectivity index (χ0v) is 11.0. The summed E-state index contributed by atoms with van der Waals surface area (Å²) in [5.74, 6) is 0.195. The van der Waals surface area contributed by atoms with Crippen LogP contribution in [-0.2, 0) is 4.79 Å². The van der Waals surface area contributed by atoms with Gasteiger partial charge in [0.2, 0.25) is 5.91 Å². The van der Waals surface area contributed by atoms with Gasteiger partial charge in [-0.2, -0.15) is 0 Å². The summed E-state index contributed by atoms with van der Waals surface area (Å²) in [7, 11) is 2.16. The number of likely N-dealkylation sites (N-methyl/N-ethyl adjacent to an activating group) is 1. The van der Waals surface area contributed by atoms with Gasteiger partial charge in [0.15, 0.2) is 0 Å². The number of hydrogen-bond acceptors (Lipinski definition) is 3. The molecule has 1 saturated carbocycles. The number of amides is 1. The topological polar surface area (TPSA) is 44.4 Å². The fourth-order valence-corrected chi connectivity index (χ4v) is 2.47. The average Bonchev–Trinajstić information content (AvgIpc) is 3.05. The van der Waals surface area contributed by atoms with Gasteiger partial charge in [-0.1, -0.05) is 0 Å². The van der Waals surface area contributed by atoms with Crippen molar-refractivity contribution in [3.05, 3.63) is 0 Å². The van der Waals surface area contributed by atoms with E-state index >= 15 is 0 Å². The predicted octanol–water partition coefficient (Wildman–Crippen LogP) is 0.727. The van der Waals surface area contributed by atoms with Crippen LogP contribution in [0.4, 0.5) is 0 Å². The molecule has 98 valence electrons. The second kappa shape index (κ2) is 5.83. The summed E-state index contributed by atoms with van der Waals surface area (Å²) in [6, 6.07) is 1.62. The zero-order valence-electron chi connectivity index (χ0n) is 11.0. The van der Waals surface area contributed by atoms with Crippen LogP contribution in [0, 0.1) is 0 Å². The maximum Gasteiger partial charge on any atom is 0.221 e. The first-order chi connectivity index (χ1) is 8.16. The quantitative estimate of drug-likeness (QED) is 0.718. The fourth-order valence-electron chi connectivity index (χ4n) is 2.47. The smallest absolute Gasteiger partial charge is 0.221 e. The number of nitrogens with one attached hydrogen (secondary N) is 2. The molecule has 17 heavy (non-hydrogen) atoms. The molecule has 1 aliphatic heterocycles. The van der Waals surface area contributed by atoms with Gasteiger partial charge in [0.1, 0.15) is 0 Å². The summed E-state index contributed by atoms with van der Waals surface area (Å²) in [6.45, 7) is 4.03. The summed E-state index contributed by atoms with van der Waals surface area (Å²) >= 11 is 0. The second-order valence-corrected chi connectivity index (χ2v) is 5.55. The molecule has 4 nitrogen and oxygen atoms in total. The van der Waals surface area contributed by atoms with Crippen molar-refractivity contribution in [1.82, 2.24) is 15.5 Å². The normalized spacial score (nSPS) is 26.2. The van der Waals surface area contributed by atoms with Gasteiger partial charge >= 0.3 is 0 Å². The minimum Gasteiger partial charge on any atom is -0.354 e. The van der Waals surface area contributed by atoms with Crippen LogP contribution < -0.4 is 10.6 Å². The maximum absolute atomic E-state index is 11.7. The van der Waals surface area contributed by atoms with Gasteiger partial charge in [-0.3, -0.25) is 9.69 Å². The van der Waals surface area contributed by atoms with Crippen LogP contribution in [0.25, 0.3) is 0 Å². The first-order valence-electron chi connectivity index (χ1n) is 6.89. The molecule has 0 bridgehead atoms. The van der Waals surface area contributed by atoms with Crippen molar-refractivity contribution in [3.63, 3.8) is 0 Å². The van der Waals surface area contributed by atoms with E-state index in [9.17, 15) is 4.79 Å². The van der Waals surface area contributed by atoms with Gasteiger partial charge in [-0.15, -0.1) is 0 Å². The average molecular weight is 239 g/mol. The summed E-state index contributed by atoms with van der Waals surface area (Å²) in [6.07, 6.45) is 5.63. The molecular weight excluding hydrogens is 214 g/mol. The zero-order chi connectivity index (χ0) is 12.3. The summed E-state index contributed by atoms with van der Waals surface area (Å²) < 4.78 is 0. The van der Waals surface area contributed by atoms with E-state index in [1.807, 2.05) is 0 Å². The number of nitrogens with zero attached hydrogens (tertiary/aromatic N) is 1. The van der Waals surface area contributed by atoms with Gasteiger partial charge < -0.3 is 10.6 Å². The third-order valence-corrected chi connectivity index (χ3v) is 4.01. The van der Waals surface area contributed by atoms with E-state index in [1.165, 1.54) is 19.3 Å². The Morgan fingerprint density at radius 2 is 2.24 bits per heavy atom. The molecule has 0 radical (unpaired) electrons. The molecular formula is C13H25N3O. The third-order valence-electron chi connectivity index (χ3n) is 4.01. The highest BCUT2D eigenvalue weighted by molar-refractivity contribution is 5.76. The van der Waals surface area contributed by atoms with Crippen LogP contribution in [0.1, 0.15) is 39.0 Å². The summed E-state index contributed by atoms with van der Waals surface area (Å²) in [4.78, 5) is 14.1. The van der Waals surface area contributed by atoms with Crippen molar-refractivity contribution >= 4 is 5.91 Å². The molecule has 0 spiro atoms. The maximum atomic E-state index is 11.7. The molecule has 2 N–H and O–H groups in total. The van der Waals surface area contributed by atoms with Crippen molar-refractivity contribution in [1.29, 1.82) is 0 Å². The fraction of sp³-hybridized carbons (Fsp3) is 0.923. The minimum atomic E-state index is 0.195. The molecule has 2 aliphatic rings. The van der Waals surface area contributed by atoms with Crippen LogP contribution in [0.5, 0.6) is 0 Å². The molecule has 2 fully saturated rings. The highest BCUT2D eigenvalue weighted by Crippen LogP contribution is 2.26. The van der Waals surface area contributed by atoms with Gasteiger partial charge in [-0.05, 0) is 46.2 Å². The lowest BCUT2D eigenvalue weighted by Crippen LogP contribution is -2.42. The Balaban J connectivity index is 1.61. The molecule has 0 aromatic heterocycles. The predicted molar refractivity (Wildman–Crippen MR) is 68.9 cm³/mol. The van der Waals surface area contributed by atoms with Crippen molar-refractivity contribution in [3.8, 4) is 0 Å². The SMILES string of the molecule is CC(CNC(=O)CC1CCCN1)N(C)C1CC1. The van der Waals surface area contributed by atoms with E-state index in [0.717, 1.165) is 25.6 Å². The summed E-state index contributed by atoms with van der Waals surface area (Å²) in [5.41, 5.74) is 0. The molecule has 0 aromatic carbocycles. The Labute approximate surface area is 104 Å². The summed E-state index contributed by atoms with van der Waals surface area (Å²) in [5, 5.41) is 6.41. The molecule has 1 heterocycles. The van der Waals surface area contributed by atoms with E-state index in [0.29, 0.717) is 18.5 Å². The van der Waals surface area contributed by atoms with E-state index < -0.39 is 0 Å². The minimum absolute atomic E-state index is 0.195. The standard InChI is InChI=1S/C13H25N3O/c1-10(16(2)12-5-6-12)9-15-13(17)8-11-4-3-7-14-11/h10-12,14H,3-9H2,1-2H3,(H,15,17). The molecule has 1 saturated heterocycles. The van der Waals surface area contributed by atoms with Gasteiger partial charge in [0.05, 0.1) is 0 Å². The molecule has 1 amide bonds.